The van der Waals surface area contributed by atoms with Gasteiger partial charge < -0.3 is 10.6 Å². The second-order valence-corrected chi connectivity index (χ2v) is 5.30. The van der Waals surface area contributed by atoms with Crippen molar-refractivity contribution < 1.29 is 4.79 Å². The van der Waals surface area contributed by atoms with Crippen molar-refractivity contribution in [2.45, 2.75) is 39.7 Å². The van der Waals surface area contributed by atoms with E-state index in [-0.39, 0.29) is 11.9 Å². The first-order valence-electron chi connectivity index (χ1n) is 6.73. The van der Waals surface area contributed by atoms with Gasteiger partial charge in [-0.25, -0.2) is 0 Å². The number of benzene rings is 1. The van der Waals surface area contributed by atoms with Crippen molar-refractivity contribution in [3.63, 3.8) is 0 Å². The Kier molecular flexibility index (Phi) is 3.71. The molecule has 1 amide bonds. The molecule has 98 valence electrons. The normalized spacial score (nSPS) is 16.9. The summed E-state index contributed by atoms with van der Waals surface area (Å²) >= 11 is 0. The summed E-state index contributed by atoms with van der Waals surface area (Å²) < 4.78 is 0. The van der Waals surface area contributed by atoms with Crippen LogP contribution in [-0.2, 0) is 11.2 Å². The summed E-state index contributed by atoms with van der Waals surface area (Å²) in [6.07, 6.45) is 1.45. The third-order valence-corrected chi connectivity index (χ3v) is 3.72. The number of nitrogens with two attached hydrogens (primary N) is 1. The molecule has 0 aromatic heterocycles. The molecule has 0 saturated heterocycles. The van der Waals surface area contributed by atoms with Crippen molar-refractivity contribution in [1.29, 1.82) is 0 Å². The lowest BCUT2D eigenvalue weighted by Gasteiger charge is -2.29. The van der Waals surface area contributed by atoms with Gasteiger partial charge in [0.1, 0.15) is 0 Å². The van der Waals surface area contributed by atoms with Gasteiger partial charge in [-0.1, -0.05) is 26.0 Å². The minimum Gasteiger partial charge on any atom is -0.324 e. The van der Waals surface area contributed by atoms with E-state index in [2.05, 4.69) is 26.0 Å². The second-order valence-electron chi connectivity index (χ2n) is 5.30. The second kappa shape index (κ2) is 5.11. The maximum atomic E-state index is 11.8. The van der Waals surface area contributed by atoms with E-state index in [1.165, 1.54) is 11.1 Å². The van der Waals surface area contributed by atoms with Gasteiger partial charge in [-0.2, -0.15) is 0 Å². The molecule has 0 aliphatic carbocycles. The van der Waals surface area contributed by atoms with Gasteiger partial charge in [0.15, 0.2) is 0 Å². The summed E-state index contributed by atoms with van der Waals surface area (Å²) in [5.74, 6) is 0.654. The first-order chi connectivity index (χ1) is 8.54. The lowest BCUT2D eigenvalue weighted by atomic mass is 9.92. The van der Waals surface area contributed by atoms with Gasteiger partial charge in [0.2, 0.25) is 5.91 Å². The average Bonchev–Trinajstić information content (AvgIpc) is 2.37. The molecule has 0 saturated carbocycles. The summed E-state index contributed by atoms with van der Waals surface area (Å²) in [5.41, 5.74) is 9.68. The van der Waals surface area contributed by atoms with E-state index in [0.717, 1.165) is 18.7 Å². The third-order valence-electron chi connectivity index (χ3n) is 3.72. The van der Waals surface area contributed by atoms with Crippen molar-refractivity contribution in [2.75, 3.05) is 11.4 Å². The van der Waals surface area contributed by atoms with Crippen LogP contribution in [0.3, 0.4) is 0 Å². The Morgan fingerprint density at radius 3 is 2.67 bits per heavy atom. The maximum Gasteiger partial charge on any atom is 0.227 e. The molecule has 3 heteroatoms. The minimum absolute atomic E-state index is 0.0722. The van der Waals surface area contributed by atoms with E-state index in [1.807, 2.05) is 17.9 Å². The van der Waals surface area contributed by atoms with E-state index in [1.54, 1.807) is 0 Å². The van der Waals surface area contributed by atoms with E-state index in [4.69, 9.17) is 5.73 Å². The quantitative estimate of drug-likeness (QED) is 0.891. The average molecular weight is 246 g/mol. The number of nitrogens with zero attached hydrogens (tertiary/aromatic N) is 1. The Morgan fingerprint density at radius 2 is 2.06 bits per heavy atom. The molecule has 0 spiro atoms. The molecule has 0 radical (unpaired) electrons. The number of fused-ring (bicyclic) bond motifs is 1. The monoisotopic (exact) mass is 246 g/mol. The van der Waals surface area contributed by atoms with Crippen LogP contribution in [0.4, 0.5) is 5.69 Å². The molecule has 2 rings (SSSR count). The Morgan fingerprint density at radius 1 is 1.33 bits per heavy atom. The molecular formula is C15H22N2O. The van der Waals surface area contributed by atoms with Crippen LogP contribution in [0, 0.1) is 5.92 Å². The van der Waals surface area contributed by atoms with E-state index < -0.39 is 0 Å². The maximum absolute atomic E-state index is 11.8. The fraction of sp³-hybridized carbons (Fsp3) is 0.533. The highest BCUT2D eigenvalue weighted by molar-refractivity contribution is 5.96. The number of aryl methyl sites for hydroxylation is 1. The zero-order chi connectivity index (χ0) is 13.3. The van der Waals surface area contributed by atoms with Crippen LogP contribution < -0.4 is 10.6 Å². The molecule has 0 fully saturated rings. The first kappa shape index (κ1) is 13.1. The van der Waals surface area contributed by atoms with Crippen molar-refractivity contribution in [3.05, 3.63) is 29.3 Å². The van der Waals surface area contributed by atoms with Gasteiger partial charge in [0.05, 0.1) is 0 Å². The lowest BCUT2D eigenvalue weighted by Crippen LogP contribution is -2.35. The molecule has 1 aromatic rings. The number of anilines is 1. The summed E-state index contributed by atoms with van der Waals surface area (Å²) in [6, 6.07) is 6.36. The van der Waals surface area contributed by atoms with Crippen LogP contribution in [-0.4, -0.2) is 12.5 Å². The van der Waals surface area contributed by atoms with Crippen molar-refractivity contribution in [3.8, 4) is 0 Å². The molecule has 1 aromatic carbocycles. The van der Waals surface area contributed by atoms with Crippen LogP contribution in [0.5, 0.6) is 0 Å². The lowest BCUT2D eigenvalue weighted by molar-refractivity contribution is -0.118. The number of hydrogen-bond donors (Lipinski definition) is 1. The Hall–Kier alpha value is -1.35. The summed E-state index contributed by atoms with van der Waals surface area (Å²) in [7, 11) is 0. The highest BCUT2D eigenvalue weighted by atomic mass is 16.2. The fourth-order valence-corrected chi connectivity index (χ4v) is 2.52. The van der Waals surface area contributed by atoms with E-state index in [9.17, 15) is 4.79 Å². The Bertz CT molecular complexity index is 454. The van der Waals surface area contributed by atoms with Crippen molar-refractivity contribution >= 4 is 11.6 Å². The summed E-state index contributed by atoms with van der Waals surface area (Å²) in [5, 5.41) is 0. The van der Waals surface area contributed by atoms with E-state index >= 15 is 0 Å². The largest absolute Gasteiger partial charge is 0.324 e. The fourth-order valence-electron chi connectivity index (χ4n) is 2.52. The van der Waals surface area contributed by atoms with Gasteiger partial charge in [-0.05, 0) is 36.5 Å². The third kappa shape index (κ3) is 2.27. The smallest absolute Gasteiger partial charge is 0.227 e. The van der Waals surface area contributed by atoms with Crippen LogP contribution in [0.2, 0.25) is 0 Å². The molecule has 3 nitrogen and oxygen atoms in total. The number of carbonyl (C=O) groups excluding carboxylic acids is 1. The SMILES string of the molecule is CCN1C(=O)CCc2cc(C(N)C(C)C)ccc21. The predicted octanol–water partition coefficient (Wildman–Crippen LogP) is 2.64. The molecule has 0 bridgehead atoms. The number of amides is 1. The molecule has 1 aliphatic heterocycles. The Labute approximate surface area is 109 Å². The number of carbonyl (C=O) groups is 1. The number of rotatable bonds is 3. The molecule has 1 atom stereocenters. The molecule has 1 unspecified atom stereocenters. The van der Waals surface area contributed by atoms with Crippen LogP contribution in [0.1, 0.15) is 44.4 Å². The summed E-state index contributed by atoms with van der Waals surface area (Å²) in [4.78, 5) is 13.7. The van der Waals surface area contributed by atoms with Crippen LogP contribution in [0.25, 0.3) is 0 Å². The zero-order valence-corrected chi connectivity index (χ0v) is 11.4. The molecule has 1 aliphatic rings. The topological polar surface area (TPSA) is 46.3 Å². The van der Waals surface area contributed by atoms with Gasteiger partial charge in [0, 0.05) is 24.7 Å². The highest BCUT2D eigenvalue weighted by Gasteiger charge is 2.23. The van der Waals surface area contributed by atoms with Gasteiger partial charge in [0.25, 0.3) is 0 Å². The highest BCUT2D eigenvalue weighted by Crippen LogP contribution is 2.31. The molecule has 18 heavy (non-hydrogen) atoms. The van der Waals surface area contributed by atoms with E-state index in [0.29, 0.717) is 12.3 Å². The van der Waals surface area contributed by atoms with Gasteiger partial charge in [-0.3, -0.25) is 4.79 Å². The van der Waals surface area contributed by atoms with Gasteiger partial charge in [-0.15, -0.1) is 0 Å². The van der Waals surface area contributed by atoms with Gasteiger partial charge >= 0.3 is 0 Å². The minimum atomic E-state index is 0.0722. The first-order valence-corrected chi connectivity index (χ1v) is 6.73. The molecule has 1 heterocycles. The number of hydrogen-bond acceptors (Lipinski definition) is 2. The standard InChI is InChI=1S/C15H22N2O/c1-4-17-13-7-5-12(15(16)10(2)3)9-11(13)6-8-14(17)18/h5,7,9-10,15H,4,6,8,16H2,1-3H3. The molecule has 2 N–H and O–H groups in total. The zero-order valence-electron chi connectivity index (χ0n) is 11.4. The Balaban J connectivity index is 2.36. The van der Waals surface area contributed by atoms with Crippen molar-refractivity contribution in [1.82, 2.24) is 0 Å². The summed E-state index contributed by atoms with van der Waals surface area (Å²) in [6.45, 7) is 7.01. The predicted molar refractivity (Wildman–Crippen MR) is 74.6 cm³/mol. The molecular weight excluding hydrogens is 224 g/mol. The van der Waals surface area contributed by atoms with Crippen LogP contribution >= 0.6 is 0 Å². The van der Waals surface area contributed by atoms with Crippen LogP contribution in [0.15, 0.2) is 18.2 Å². The van der Waals surface area contributed by atoms with Crippen molar-refractivity contribution in [2.24, 2.45) is 11.7 Å².